The number of ketones is 1. The highest BCUT2D eigenvalue weighted by Gasteiger charge is 2.70. The van der Waals surface area contributed by atoms with Gasteiger partial charge in [0.1, 0.15) is 12.1 Å². The number of likely N-dealkylation sites (tertiary alicyclic amines) is 1. The number of urea groups is 1. The second-order valence-electron chi connectivity index (χ2n) is 19.6. The topological polar surface area (TPSA) is 174 Å². The van der Waals surface area contributed by atoms with Crippen LogP contribution in [0.25, 0.3) is 0 Å². The Bertz CT molecular complexity index is 1580. The first-order valence-corrected chi connectivity index (χ1v) is 22.9. The Hall–Kier alpha value is -2.74. The van der Waals surface area contributed by atoms with Crippen molar-refractivity contribution in [1.29, 1.82) is 0 Å². The Kier molecular flexibility index (Phi) is 12.1. The van der Waals surface area contributed by atoms with Gasteiger partial charge in [0.25, 0.3) is 5.91 Å². The number of rotatable bonds is 16. The minimum atomic E-state index is -3.75. The number of fused-ring (bicyclic) bond motifs is 1. The molecule has 0 spiro atoms. The molecule has 0 unspecified atom stereocenters. The normalized spacial score (nSPS) is 27.9. The van der Waals surface area contributed by atoms with E-state index in [-0.39, 0.29) is 53.0 Å². The lowest BCUT2D eigenvalue weighted by atomic mass is 9.70. The Morgan fingerprint density at radius 2 is 1.38 bits per heavy atom. The lowest BCUT2D eigenvalue weighted by Gasteiger charge is -2.44. The zero-order valence-corrected chi connectivity index (χ0v) is 35.2. The zero-order valence-electron chi connectivity index (χ0n) is 34.4. The molecule has 14 heteroatoms. The highest BCUT2D eigenvalue weighted by atomic mass is 32.2. The summed E-state index contributed by atoms with van der Waals surface area (Å²) in [6, 6.07) is -3.78. The lowest BCUT2D eigenvalue weighted by molar-refractivity contribution is -0.146. The van der Waals surface area contributed by atoms with Crippen molar-refractivity contribution >= 4 is 39.6 Å². The van der Waals surface area contributed by atoms with Gasteiger partial charge in [-0.3, -0.25) is 19.2 Å². The molecule has 4 N–H and O–H groups in total. The maximum Gasteiger partial charge on any atom is 0.315 e. The van der Waals surface area contributed by atoms with Crippen LogP contribution < -0.4 is 21.3 Å². The number of Topliss-reactive ketones (excluding diaryl/α,β-unsaturated/α-hetero) is 1. The average molecular weight is 789 g/mol. The van der Waals surface area contributed by atoms with Gasteiger partial charge in [-0.05, 0) is 101 Å². The van der Waals surface area contributed by atoms with Crippen LogP contribution in [0.15, 0.2) is 0 Å². The summed E-state index contributed by atoms with van der Waals surface area (Å²) in [5.41, 5.74) is -1.76. The standard InChI is InChI=1S/C41H68N6O7S/c1-25(2)47(26(3)4)55(53,54)24-41(20-12-9-13-21-41)45-38(52)44-34(40(7)18-10-8-11-19-40)37(51)46-23-29-31(39(29,5)6)32(46)35(49)43-30(22-27-14-15-27)33(48)36(50)42-28-16-17-28/h25-32,34H,8-24H2,1-7H3,(H,42,50)(H,43,49)(H2,44,45,52)/t29-,30-,31-,32-,34+/m0/s1. The van der Waals surface area contributed by atoms with Gasteiger partial charge in [-0.15, -0.1) is 0 Å². The van der Waals surface area contributed by atoms with Crippen molar-refractivity contribution in [2.75, 3.05) is 12.3 Å². The second-order valence-corrected chi connectivity index (χ2v) is 21.5. The van der Waals surface area contributed by atoms with Gasteiger partial charge in [-0.2, -0.15) is 4.31 Å². The van der Waals surface area contributed by atoms with Crippen LogP contribution >= 0.6 is 0 Å². The van der Waals surface area contributed by atoms with Gasteiger partial charge in [0, 0.05) is 24.7 Å². The largest absolute Gasteiger partial charge is 0.347 e. The van der Waals surface area contributed by atoms with Crippen LogP contribution in [0.2, 0.25) is 0 Å². The fourth-order valence-electron chi connectivity index (χ4n) is 10.6. The molecule has 0 aromatic heterocycles. The number of carbonyl (C=O) groups excluding carboxylic acids is 5. The SMILES string of the molecule is CC(C)N(C(C)C)S(=O)(=O)CC1(NC(=O)N[C@H](C(=O)N2C[C@H]3[C@@H]([C@H]2C(=O)N[C@@H](CC2CC2)C(=O)C(=O)NC2CC2)C3(C)C)C2(C)CCCCC2)CCCCC1. The number of sulfonamides is 1. The molecule has 6 fully saturated rings. The molecule has 0 aromatic rings. The number of hydrogen-bond donors (Lipinski definition) is 4. The van der Waals surface area contributed by atoms with E-state index in [2.05, 4.69) is 35.1 Å². The second kappa shape index (κ2) is 15.9. The van der Waals surface area contributed by atoms with Crippen LogP contribution in [-0.4, -0.2) is 101 Å². The van der Waals surface area contributed by atoms with E-state index in [1.807, 2.05) is 34.6 Å². The van der Waals surface area contributed by atoms with Crippen LogP contribution in [0.3, 0.4) is 0 Å². The van der Waals surface area contributed by atoms with Crippen molar-refractivity contribution in [3.8, 4) is 0 Å². The van der Waals surface area contributed by atoms with E-state index in [4.69, 9.17) is 0 Å². The van der Waals surface area contributed by atoms with E-state index < -0.39 is 62.7 Å². The molecule has 55 heavy (non-hydrogen) atoms. The van der Waals surface area contributed by atoms with Crippen molar-refractivity contribution in [1.82, 2.24) is 30.5 Å². The Morgan fingerprint density at radius 1 is 0.800 bits per heavy atom. The van der Waals surface area contributed by atoms with Crippen LogP contribution in [0.5, 0.6) is 0 Å². The molecule has 13 nitrogen and oxygen atoms in total. The highest BCUT2D eigenvalue weighted by Crippen LogP contribution is 2.65. The maximum absolute atomic E-state index is 15.0. The zero-order chi connectivity index (χ0) is 40.1. The van der Waals surface area contributed by atoms with E-state index in [0.717, 1.165) is 77.0 Å². The van der Waals surface area contributed by atoms with Crippen LogP contribution in [0.1, 0.15) is 145 Å². The molecule has 0 aromatic carbocycles. The summed E-state index contributed by atoms with van der Waals surface area (Å²) >= 11 is 0. The third-order valence-corrected chi connectivity index (χ3v) is 16.4. The molecule has 1 heterocycles. The van der Waals surface area contributed by atoms with E-state index in [0.29, 0.717) is 25.8 Å². The fraction of sp³-hybridized carbons (Fsp3) is 0.878. The van der Waals surface area contributed by atoms with Gasteiger partial charge in [-0.1, -0.05) is 72.1 Å². The molecule has 5 amide bonds. The summed E-state index contributed by atoms with van der Waals surface area (Å²) in [6.45, 7) is 14.0. The first kappa shape index (κ1) is 41.9. The van der Waals surface area contributed by atoms with E-state index in [1.54, 1.807) is 4.90 Å². The molecule has 1 aliphatic heterocycles. The monoisotopic (exact) mass is 788 g/mol. The molecule has 5 saturated carbocycles. The number of nitrogens with one attached hydrogen (secondary N) is 4. The predicted octanol–water partition coefficient (Wildman–Crippen LogP) is 4.39. The van der Waals surface area contributed by atoms with Crippen LogP contribution in [0.4, 0.5) is 4.79 Å². The summed E-state index contributed by atoms with van der Waals surface area (Å²) < 4.78 is 29.4. The van der Waals surface area contributed by atoms with Gasteiger partial charge >= 0.3 is 6.03 Å². The molecular weight excluding hydrogens is 721 g/mol. The smallest absolute Gasteiger partial charge is 0.315 e. The quantitative estimate of drug-likeness (QED) is 0.168. The molecule has 6 rings (SSSR count). The predicted molar refractivity (Wildman–Crippen MR) is 210 cm³/mol. The molecule has 310 valence electrons. The minimum Gasteiger partial charge on any atom is -0.347 e. The average Bonchev–Trinajstić information content (AvgIpc) is 4.06. The van der Waals surface area contributed by atoms with Crippen molar-refractivity contribution in [2.45, 2.75) is 187 Å². The van der Waals surface area contributed by atoms with E-state index >= 15 is 4.79 Å². The summed E-state index contributed by atoms with van der Waals surface area (Å²) in [5.74, 6) is -2.03. The van der Waals surface area contributed by atoms with E-state index in [1.165, 1.54) is 4.31 Å². The summed E-state index contributed by atoms with van der Waals surface area (Å²) in [4.78, 5) is 71.6. The summed E-state index contributed by atoms with van der Waals surface area (Å²) in [5, 5.41) is 11.9. The molecular formula is C41H68N6O7S. The van der Waals surface area contributed by atoms with Crippen molar-refractivity contribution in [2.24, 2.45) is 28.6 Å². The molecule has 0 radical (unpaired) electrons. The number of nitrogens with zero attached hydrogens (tertiary/aromatic N) is 2. The molecule has 0 bridgehead atoms. The minimum absolute atomic E-state index is 0.0136. The first-order valence-electron chi connectivity index (χ1n) is 21.3. The Labute approximate surface area is 329 Å². The van der Waals surface area contributed by atoms with Gasteiger partial charge in [-0.25, -0.2) is 13.2 Å². The van der Waals surface area contributed by atoms with Crippen LogP contribution in [-0.2, 0) is 29.2 Å². The summed E-state index contributed by atoms with van der Waals surface area (Å²) in [7, 11) is -3.75. The van der Waals surface area contributed by atoms with E-state index in [9.17, 15) is 27.6 Å². The number of carbonyl (C=O) groups is 5. The first-order chi connectivity index (χ1) is 25.8. The van der Waals surface area contributed by atoms with Gasteiger partial charge in [0.05, 0.1) is 17.3 Å². The van der Waals surface area contributed by atoms with Gasteiger partial charge in [0.15, 0.2) is 0 Å². The number of piperidine rings is 1. The molecule has 6 aliphatic rings. The van der Waals surface area contributed by atoms with Gasteiger partial charge in [0.2, 0.25) is 27.6 Å². The number of hydrogen-bond acceptors (Lipinski definition) is 7. The third-order valence-electron chi connectivity index (χ3n) is 14.0. The number of amides is 5. The van der Waals surface area contributed by atoms with Crippen LogP contribution in [0, 0.1) is 28.6 Å². The molecule has 1 saturated heterocycles. The molecule has 5 aliphatic carbocycles. The van der Waals surface area contributed by atoms with Gasteiger partial charge < -0.3 is 26.2 Å². The Morgan fingerprint density at radius 3 is 1.93 bits per heavy atom. The maximum atomic E-state index is 15.0. The van der Waals surface area contributed by atoms with Crippen molar-refractivity contribution in [3.63, 3.8) is 0 Å². The third kappa shape index (κ3) is 9.20. The van der Waals surface area contributed by atoms with Crippen molar-refractivity contribution in [3.05, 3.63) is 0 Å². The fourth-order valence-corrected chi connectivity index (χ4v) is 13.1. The lowest BCUT2D eigenvalue weighted by Crippen LogP contribution is -2.65. The summed E-state index contributed by atoms with van der Waals surface area (Å²) in [6.07, 6.45) is 11.8. The highest BCUT2D eigenvalue weighted by molar-refractivity contribution is 7.89. The molecule has 5 atom stereocenters. The van der Waals surface area contributed by atoms with Crippen molar-refractivity contribution < 1.29 is 32.4 Å². The Balaban J connectivity index is 1.24.